The Morgan fingerprint density at radius 2 is 1.33 bits per heavy atom. The summed E-state index contributed by atoms with van der Waals surface area (Å²) in [5.41, 5.74) is 3.44. The molecule has 0 unspecified atom stereocenters. The van der Waals surface area contributed by atoms with Gasteiger partial charge < -0.3 is 0 Å². The molecular formula is C14H11I. The highest BCUT2D eigenvalue weighted by atomic mass is 127. The van der Waals surface area contributed by atoms with Crippen molar-refractivity contribution in [2.45, 2.75) is 0 Å². The fraction of sp³-hybridized carbons (Fsp3) is 0. The Hall–Kier alpha value is -1.09. The van der Waals surface area contributed by atoms with Crippen LogP contribution in [-0.4, -0.2) is 0 Å². The van der Waals surface area contributed by atoms with Crippen molar-refractivity contribution in [3.63, 3.8) is 0 Å². The predicted octanol–water partition coefficient (Wildman–Crippen LogP) is 4.35. The van der Waals surface area contributed by atoms with Gasteiger partial charge in [0.25, 0.3) is 0 Å². The van der Waals surface area contributed by atoms with Crippen molar-refractivity contribution >= 4 is 28.2 Å². The van der Waals surface area contributed by atoms with Gasteiger partial charge in [0, 0.05) is 3.57 Å². The van der Waals surface area contributed by atoms with Crippen LogP contribution in [0.15, 0.2) is 61.2 Å². The maximum absolute atomic E-state index is 4.12. The molecule has 0 aliphatic heterocycles. The second-order valence-electron chi connectivity index (χ2n) is 3.35. The first-order valence-corrected chi connectivity index (χ1v) is 5.85. The van der Waals surface area contributed by atoms with E-state index in [0.717, 1.165) is 5.57 Å². The summed E-state index contributed by atoms with van der Waals surface area (Å²) in [6.45, 7) is 4.12. The lowest BCUT2D eigenvalue weighted by molar-refractivity contribution is 1.54. The van der Waals surface area contributed by atoms with Gasteiger partial charge in [0.2, 0.25) is 0 Å². The SMILES string of the molecule is C=C(c1ccccc1)c1ccc(I)cc1. The van der Waals surface area contributed by atoms with Gasteiger partial charge in [-0.25, -0.2) is 0 Å². The number of benzene rings is 2. The molecule has 0 bridgehead atoms. The van der Waals surface area contributed by atoms with Crippen LogP contribution < -0.4 is 0 Å². The highest BCUT2D eigenvalue weighted by Gasteiger charge is 2.00. The van der Waals surface area contributed by atoms with Crippen molar-refractivity contribution in [2.24, 2.45) is 0 Å². The summed E-state index contributed by atoms with van der Waals surface area (Å²) in [7, 11) is 0. The van der Waals surface area contributed by atoms with E-state index in [-0.39, 0.29) is 0 Å². The van der Waals surface area contributed by atoms with E-state index < -0.39 is 0 Å². The maximum atomic E-state index is 4.12. The van der Waals surface area contributed by atoms with Gasteiger partial charge in [-0.3, -0.25) is 0 Å². The van der Waals surface area contributed by atoms with Crippen LogP contribution >= 0.6 is 22.6 Å². The van der Waals surface area contributed by atoms with E-state index in [4.69, 9.17) is 0 Å². The molecule has 0 spiro atoms. The van der Waals surface area contributed by atoms with Crippen molar-refractivity contribution in [3.8, 4) is 0 Å². The molecule has 0 radical (unpaired) electrons. The van der Waals surface area contributed by atoms with Crippen LogP contribution in [-0.2, 0) is 0 Å². The number of hydrogen-bond acceptors (Lipinski definition) is 0. The minimum absolute atomic E-state index is 1.08. The summed E-state index contributed by atoms with van der Waals surface area (Å²) >= 11 is 2.30. The lowest BCUT2D eigenvalue weighted by Gasteiger charge is -2.05. The Bertz CT molecular complexity index is 454. The molecule has 0 nitrogen and oxygen atoms in total. The third-order valence-electron chi connectivity index (χ3n) is 2.31. The molecule has 0 saturated carbocycles. The first-order valence-electron chi connectivity index (χ1n) is 4.77. The second kappa shape index (κ2) is 4.62. The molecule has 74 valence electrons. The smallest absolute Gasteiger partial charge is 0.0130 e. The zero-order chi connectivity index (χ0) is 10.7. The van der Waals surface area contributed by atoms with Crippen molar-refractivity contribution in [1.29, 1.82) is 0 Å². The lowest BCUT2D eigenvalue weighted by Crippen LogP contribution is -1.85. The molecule has 0 aliphatic carbocycles. The van der Waals surface area contributed by atoms with Gasteiger partial charge in [0.1, 0.15) is 0 Å². The molecule has 2 rings (SSSR count). The van der Waals surface area contributed by atoms with Crippen molar-refractivity contribution in [1.82, 2.24) is 0 Å². The first kappa shape index (κ1) is 10.4. The molecule has 0 atom stereocenters. The molecule has 0 heterocycles. The minimum atomic E-state index is 1.08. The fourth-order valence-electron chi connectivity index (χ4n) is 1.46. The Balaban J connectivity index is 2.33. The summed E-state index contributed by atoms with van der Waals surface area (Å²) in [4.78, 5) is 0. The summed E-state index contributed by atoms with van der Waals surface area (Å²) in [5, 5.41) is 0. The normalized spacial score (nSPS) is 9.93. The Labute approximate surface area is 104 Å². The zero-order valence-electron chi connectivity index (χ0n) is 8.28. The molecule has 1 heteroatoms. The quantitative estimate of drug-likeness (QED) is 0.724. The highest BCUT2D eigenvalue weighted by molar-refractivity contribution is 14.1. The van der Waals surface area contributed by atoms with E-state index in [9.17, 15) is 0 Å². The standard InChI is InChI=1S/C14H11I/c1-11(12-5-3-2-4-6-12)13-7-9-14(15)10-8-13/h2-10H,1H2. The summed E-state index contributed by atoms with van der Waals surface area (Å²) in [6, 6.07) is 18.7. The van der Waals surface area contributed by atoms with E-state index in [1.54, 1.807) is 0 Å². The van der Waals surface area contributed by atoms with E-state index in [0.29, 0.717) is 0 Å². The van der Waals surface area contributed by atoms with Crippen LogP contribution in [0.2, 0.25) is 0 Å². The average molecular weight is 306 g/mol. The Morgan fingerprint density at radius 3 is 1.93 bits per heavy atom. The summed E-state index contributed by atoms with van der Waals surface area (Å²) in [5.74, 6) is 0. The van der Waals surface area contributed by atoms with Crippen LogP contribution in [0.5, 0.6) is 0 Å². The Morgan fingerprint density at radius 1 is 0.800 bits per heavy atom. The second-order valence-corrected chi connectivity index (χ2v) is 4.60. The van der Waals surface area contributed by atoms with Gasteiger partial charge >= 0.3 is 0 Å². The third-order valence-corrected chi connectivity index (χ3v) is 3.03. The van der Waals surface area contributed by atoms with Crippen molar-refractivity contribution in [2.75, 3.05) is 0 Å². The predicted molar refractivity (Wildman–Crippen MR) is 73.7 cm³/mol. The number of hydrogen-bond donors (Lipinski definition) is 0. The minimum Gasteiger partial charge on any atom is -0.0906 e. The largest absolute Gasteiger partial charge is 0.0906 e. The number of halogens is 1. The van der Waals surface area contributed by atoms with Crippen LogP contribution in [0.4, 0.5) is 0 Å². The van der Waals surface area contributed by atoms with Gasteiger partial charge in [-0.2, -0.15) is 0 Å². The molecule has 0 aromatic heterocycles. The summed E-state index contributed by atoms with van der Waals surface area (Å²) < 4.78 is 1.25. The molecule has 0 fully saturated rings. The monoisotopic (exact) mass is 306 g/mol. The molecule has 0 amide bonds. The summed E-state index contributed by atoms with van der Waals surface area (Å²) in [6.07, 6.45) is 0. The van der Waals surface area contributed by atoms with Crippen molar-refractivity contribution in [3.05, 3.63) is 75.9 Å². The molecular weight excluding hydrogens is 295 g/mol. The third kappa shape index (κ3) is 2.48. The first-order chi connectivity index (χ1) is 7.27. The van der Waals surface area contributed by atoms with Gasteiger partial charge in [0.05, 0.1) is 0 Å². The van der Waals surface area contributed by atoms with Crippen LogP contribution in [0.3, 0.4) is 0 Å². The van der Waals surface area contributed by atoms with Gasteiger partial charge in [-0.15, -0.1) is 0 Å². The number of rotatable bonds is 2. The highest BCUT2D eigenvalue weighted by Crippen LogP contribution is 2.21. The van der Waals surface area contributed by atoms with E-state index in [2.05, 4.69) is 65.6 Å². The molecule has 2 aromatic rings. The van der Waals surface area contributed by atoms with E-state index >= 15 is 0 Å². The van der Waals surface area contributed by atoms with Gasteiger partial charge in [-0.05, 0) is 51.4 Å². The van der Waals surface area contributed by atoms with Crippen LogP contribution in [0, 0.1) is 3.57 Å². The average Bonchev–Trinajstić information content (AvgIpc) is 2.30. The van der Waals surface area contributed by atoms with Crippen LogP contribution in [0.1, 0.15) is 11.1 Å². The van der Waals surface area contributed by atoms with Crippen LogP contribution in [0.25, 0.3) is 5.57 Å². The molecule has 0 aliphatic rings. The van der Waals surface area contributed by atoms with Crippen molar-refractivity contribution < 1.29 is 0 Å². The molecule has 0 saturated heterocycles. The fourth-order valence-corrected chi connectivity index (χ4v) is 1.82. The molecule has 0 N–H and O–H groups in total. The maximum Gasteiger partial charge on any atom is 0.0130 e. The lowest BCUT2D eigenvalue weighted by atomic mass is 10.00. The van der Waals surface area contributed by atoms with E-state index in [1.165, 1.54) is 14.7 Å². The Kier molecular flexibility index (Phi) is 3.21. The topological polar surface area (TPSA) is 0 Å². The van der Waals surface area contributed by atoms with Gasteiger partial charge in [-0.1, -0.05) is 49.0 Å². The zero-order valence-corrected chi connectivity index (χ0v) is 10.4. The molecule has 2 aromatic carbocycles. The van der Waals surface area contributed by atoms with E-state index in [1.807, 2.05) is 18.2 Å². The van der Waals surface area contributed by atoms with Gasteiger partial charge in [0.15, 0.2) is 0 Å². The molecule has 15 heavy (non-hydrogen) atoms.